The molecule has 1 saturated heterocycles. The van der Waals surface area contributed by atoms with Crippen LogP contribution in [0.2, 0.25) is 0 Å². The van der Waals surface area contributed by atoms with Gasteiger partial charge >= 0.3 is 10.2 Å². The van der Waals surface area contributed by atoms with Gasteiger partial charge in [-0.05, 0) is 5.41 Å². The van der Waals surface area contributed by atoms with E-state index < -0.39 is 21.9 Å². The van der Waals surface area contributed by atoms with E-state index in [-0.39, 0.29) is 24.3 Å². The van der Waals surface area contributed by atoms with Gasteiger partial charge in [0.05, 0.1) is 5.75 Å². The van der Waals surface area contributed by atoms with E-state index in [0.29, 0.717) is 5.13 Å². The Kier molecular flexibility index (Phi) is 3.90. The zero-order chi connectivity index (χ0) is 15.1. The summed E-state index contributed by atoms with van der Waals surface area (Å²) in [6.45, 7) is 6.36. The van der Waals surface area contributed by atoms with Crippen LogP contribution < -0.4 is 4.90 Å². The molecule has 0 bridgehead atoms. The van der Waals surface area contributed by atoms with Crippen molar-refractivity contribution in [1.82, 2.24) is 4.98 Å². The predicted molar refractivity (Wildman–Crippen MR) is 76.2 cm³/mol. The summed E-state index contributed by atoms with van der Waals surface area (Å²) in [5.41, 5.74) is -0.0552. The molecule has 1 aromatic heterocycles. The molecule has 0 aromatic carbocycles. The Morgan fingerprint density at radius 3 is 2.65 bits per heavy atom. The summed E-state index contributed by atoms with van der Waals surface area (Å²) in [5, 5.41) is 0.554. The molecule has 0 spiro atoms. The van der Waals surface area contributed by atoms with Gasteiger partial charge in [0.25, 0.3) is 0 Å². The number of hydrogen-bond donors (Lipinski definition) is 0. The van der Waals surface area contributed by atoms with E-state index in [9.17, 15) is 17.1 Å². The van der Waals surface area contributed by atoms with Crippen molar-refractivity contribution in [3.63, 3.8) is 0 Å². The molecule has 1 aromatic rings. The molecular formula is C12H17FN2O3S2. The molecule has 0 aliphatic carbocycles. The lowest BCUT2D eigenvalue weighted by Gasteiger charge is -2.15. The molecule has 112 valence electrons. The Morgan fingerprint density at radius 1 is 1.50 bits per heavy atom. The highest BCUT2D eigenvalue weighted by atomic mass is 32.3. The molecule has 1 aliphatic heterocycles. The zero-order valence-electron chi connectivity index (χ0n) is 11.6. The first-order chi connectivity index (χ1) is 9.06. The Labute approximate surface area is 122 Å². The van der Waals surface area contributed by atoms with E-state index >= 15 is 0 Å². The molecule has 8 heteroatoms. The summed E-state index contributed by atoms with van der Waals surface area (Å²) >= 11 is 1.41. The van der Waals surface area contributed by atoms with Crippen LogP contribution in [0.5, 0.6) is 0 Å². The fourth-order valence-electron chi connectivity index (χ4n) is 2.10. The third-order valence-electron chi connectivity index (χ3n) is 3.10. The van der Waals surface area contributed by atoms with Crippen LogP contribution in [0.1, 0.15) is 32.1 Å². The van der Waals surface area contributed by atoms with Crippen molar-refractivity contribution in [2.24, 2.45) is 5.92 Å². The van der Waals surface area contributed by atoms with Crippen LogP contribution >= 0.6 is 11.3 Å². The Morgan fingerprint density at radius 2 is 2.15 bits per heavy atom. The van der Waals surface area contributed by atoms with Gasteiger partial charge in [0, 0.05) is 30.0 Å². The van der Waals surface area contributed by atoms with E-state index in [4.69, 9.17) is 0 Å². The maximum atomic E-state index is 12.7. The molecular weight excluding hydrogens is 303 g/mol. The van der Waals surface area contributed by atoms with Crippen molar-refractivity contribution < 1.29 is 17.1 Å². The van der Waals surface area contributed by atoms with Crippen molar-refractivity contribution >= 4 is 32.6 Å². The quantitative estimate of drug-likeness (QED) is 0.800. The molecule has 20 heavy (non-hydrogen) atoms. The minimum atomic E-state index is -4.55. The summed E-state index contributed by atoms with van der Waals surface area (Å²) in [5.74, 6) is -1.31. The van der Waals surface area contributed by atoms with Gasteiger partial charge in [-0.15, -0.1) is 15.2 Å². The molecule has 1 fully saturated rings. The standard InChI is InChI=1S/C12H17FN2O3S2/c1-12(2,3)9-5-14-11(19-9)15-6-8(4-10(15)16)7-20(13,17)18/h5,8H,4,6-7H2,1-3H3. The molecule has 2 heterocycles. The van der Waals surface area contributed by atoms with Gasteiger partial charge in [-0.1, -0.05) is 20.8 Å². The average Bonchev–Trinajstić information content (AvgIpc) is 2.81. The first-order valence-electron chi connectivity index (χ1n) is 6.25. The molecule has 5 nitrogen and oxygen atoms in total. The fourth-order valence-corrected chi connectivity index (χ4v) is 3.88. The highest BCUT2D eigenvalue weighted by molar-refractivity contribution is 7.86. The fraction of sp³-hybridized carbons (Fsp3) is 0.667. The monoisotopic (exact) mass is 320 g/mol. The number of carbonyl (C=O) groups is 1. The number of thiazole rings is 1. The Balaban J connectivity index is 2.14. The van der Waals surface area contributed by atoms with Gasteiger partial charge in [0.15, 0.2) is 5.13 Å². The van der Waals surface area contributed by atoms with Crippen molar-refractivity contribution in [2.45, 2.75) is 32.6 Å². The maximum absolute atomic E-state index is 12.7. The number of anilines is 1. The van der Waals surface area contributed by atoms with Gasteiger partial charge in [0.1, 0.15) is 0 Å². The first-order valence-corrected chi connectivity index (χ1v) is 8.62. The van der Waals surface area contributed by atoms with Crippen LogP contribution in [-0.2, 0) is 20.4 Å². The van der Waals surface area contributed by atoms with Crippen LogP contribution in [-0.4, -0.2) is 31.6 Å². The van der Waals surface area contributed by atoms with Gasteiger partial charge in [0.2, 0.25) is 5.91 Å². The summed E-state index contributed by atoms with van der Waals surface area (Å²) in [6.07, 6.45) is 1.78. The van der Waals surface area contributed by atoms with Crippen LogP contribution in [0.3, 0.4) is 0 Å². The lowest BCUT2D eigenvalue weighted by Crippen LogP contribution is -2.25. The third-order valence-corrected chi connectivity index (χ3v) is 5.42. The second-order valence-electron chi connectivity index (χ2n) is 6.04. The number of hydrogen-bond acceptors (Lipinski definition) is 5. The van der Waals surface area contributed by atoms with Crippen LogP contribution in [0.15, 0.2) is 6.20 Å². The molecule has 1 aliphatic rings. The molecule has 0 radical (unpaired) electrons. The SMILES string of the molecule is CC(C)(C)c1cnc(N2CC(CS(=O)(=O)F)CC2=O)s1. The first kappa shape index (κ1) is 15.4. The molecule has 1 amide bonds. The van der Waals surface area contributed by atoms with Gasteiger partial charge in [-0.2, -0.15) is 8.42 Å². The van der Waals surface area contributed by atoms with Crippen molar-refractivity contribution in [3.8, 4) is 0 Å². The second-order valence-corrected chi connectivity index (χ2v) is 8.46. The number of halogens is 1. The van der Waals surface area contributed by atoms with Crippen molar-refractivity contribution in [2.75, 3.05) is 17.2 Å². The Bertz CT molecular complexity index is 619. The number of amides is 1. The summed E-state index contributed by atoms with van der Waals surface area (Å²) in [6, 6.07) is 0. The molecule has 1 unspecified atom stereocenters. The van der Waals surface area contributed by atoms with E-state index in [1.807, 2.05) is 0 Å². The lowest BCUT2D eigenvalue weighted by atomic mass is 9.96. The normalized spacial score (nSPS) is 20.7. The number of nitrogens with zero attached hydrogens (tertiary/aromatic N) is 2. The average molecular weight is 320 g/mol. The summed E-state index contributed by atoms with van der Waals surface area (Å²) in [7, 11) is -4.55. The molecule has 0 N–H and O–H groups in total. The smallest absolute Gasteiger partial charge is 0.288 e. The predicted octanol–water partition coefficient (Wildman–Crippen LogP) is 2.09. The van der Waals surface area contributed by atoms with Gasteiger partial charge in [-0.3, -0.25) is 9.69 Å². The number of carbonyl (C=O) groups excluding carboxylic acids is 1. The lowest BCUT2D eigenvalue weighted by molar-refractivity contribution is -0.117. The van der Waals surface area contributed by atoms with E-state index in [1.54, 1.807) is 6.20 Å². The molecule has 1 atom stereocenters. The molecule has 0 saturated carbocycles. The van der Waals surface area contributed by atoms with E-state index in [0.717, 1.165) is 4.88 Å². The molecule has 2 rings (SSSR count). The highest BCUT2D eigenvalue weighted by Gasteiger charge is 2.35. The largest absolute Gasteiger partial charge is 0.302 e. The van der Waals surface area contributed by atoms with Gasteiger partial charge in [-0.25, -0.2) is 4.98 Å². The van der Waals surface area contributed by atoms with Crippen LogP contribution in [0.4, 0.5) is 9.02 Å². The zero-order valence-corrected chi connectivity index (χ0v) is 13.2. The second kappa shape index (κ2) is 5.07. The topological polar surface area (TPSA) is 67.3 Å². The van der Waals surface area contributed by atoms with Gasteiger partial charge < -0.3 is 0 Å². The minimum absolute atomic E-state index is 0.0492. The minimum Gasteiger partial charge on any atom is -0.288 e. The third kappa shape index (κ3) is 3.54. The highest BCUT2D eigenvalue weighted by Crippen LogP contribution is 2.34. The summed E-state index contributed by atoms with van der Waals surface area (Å²) in [4.78, 5) is 18.6. The Hall–Kier alpha value is -1.02. The van der Waals surface area contributed by atoms with Crippen LogP contribution in [0, 0.1) is 5.92 Å². The maximum Gasteiger partial charge on any atom is 0.302 e. The number of aromatic nitrogens is 1. The van der Waals surface area contributed by atoms with E-state index in [2.05, 4.69) is 25.8 Å². The van der Waals surface area contributed by atoms with E-state index in [1.165, 1.54) is 16.2 Å². The van der Waals surface area contributed by atoms with Crippen molar-refractivity contribution in [1.29, 1.82) is 0 Å². The van der Waals surface area contributed by atoms with Crippen LogP contribution in [0.25, 0.3) is 0 Å². The summed E-state index contributed by atoms with van der Waals surface area (Å²) < 4.78 is 34.0. The van der Waals surface area contributed by atoms with Crippen molar-refractivity contribution in [3.05, 3.63) is 11.1 Å². The number of rotatable bonds is 3.